The smallest absolute Gasteiger partial charge is 0.191 e. The van der Waals surface area contributed by atoms with Crippen molar-refractivity contribution >= 4 is 16.9 Å². The van der Waals surface area contributed by atoms with Crippen molar-refractivity contribution in [3.05, 3.63) is 35.8 Å². The molecular formula is C20H30FN5. The second-order valence-corrected chi connectivity index (χ2v) is 7.20. The summed E-state index contributed by atoms with van der Waals surface area (Å²) >= 11 is 0. The summed E-state index contributed by atoms with van der Waals surface area (Å²) in [6.07, 6.45) is 5.43. The topological polar surface area (TPSA) is 55.5 Å². The van der Waals surface area contributed by atoms with Crippen molar-refractivity contribution in [2.45, 2.75) is 26.2 Å². The van der Waals surface area contributed by atoms with Gasteiger partial charge in [-0.2, -0.15) is 0 Å². The maximum Gasteiger partial charge on any atom is 0.191 e. The number of aromatic nitrogens is 1. The predicted octanol–water partition coefficient (Wildman–Crippen LogP) is 2.75. The maximum atomic E-state index is 13.3. The van der Waals surface area contributed by atoms with E-state index in [-0.39, 0.29) is 5.82 Å². The number of rotatable bonds is 6. The molecule has 1 aliphatic heterocycles. The largest absolute Gasteiger partial charge is 0.361 e. The number of nitrogens with zero attached hydrogens (tertiary/aromatic N) is 2. The highest BCUT2D eigenvalue weighted by Crippen LogP contribution is 2.19. The van der Waals surface area contributed by atoms with Gasteiger partial charge in [0.1, 0.15) is 5.82 Å². The van der Waals surface area contributed by atoms with Gasteiger partial charge in [0.2, 0.25) is 0 Å². The Morgan fingerprint density at radius 2 is 2.04 bits per heavy atom. The molecule has 3 N–H and O–H groups in total. The Balaban J connectivity index is 1.40. The van der Waals surface area contributed by atoms with Gasteiger partial charge in [0.05, 0.1) is 0 Å². The van der Waals surface area contributed by atoms with Gasteiger partial charge in [0.15, 0.2) is 5.96 Å². The molecule has 0 atom stereocenters. The zero-order valence-corrected chi connectivity index (χ0v) is 15.8. The Morgan fingerprint density at radius 3 is 2.81 bits per heavy atom. The summed E-state index contributed by atoms with van der Waals surface area (Å²) in [5.74, 6) is 1.49. The Morgan fingerprint density at radius 1 is 1.27 bits per heavy atom. The van der Waals surface area contributed by atoms with Crippen LogP contribution < -0.4 is 10.6 Å². The number of benzene rings is 1. The summed E-state index contributed by atoms with van der Waals surface area (Å²) in [5, 5.41) is 7.83. The number of likely N-dealkylation sites (tertiary alicyclic amines) is 1. The molecule has 6 heteroatoms. The van der Waals surface area contributed by atoms with Crippen LogP contribution in [0.3, 0.4) is 0 Å². The monoisotopic (exact) mass is 359 g/mol. The van der Waals surface area contributed by atoms with Crippen molar-refractivity contribution in [3.8, 4) is 0 Å². The summed E-state index contributed by atoms with van der Waals surface area (Å²) in [6, 6.07) is 4.88. The second-order valence-electron chi connectivity index (χ2n) is 7.20. The lowest BCUT2D eigenvalue weighted by Crippen LogP contribution is -2.43. The SMILES string of the molecule is CN=C(NCCc1c[nH]c2cc(F)ccc12)NCCN1CCC(C)CC1. The third-order valence-corrected chi connectivity index (χ3v) is 5.24. The highest BCUT2D eigenvalue weighted by Gasteiger charge is 2.14. The Kier molecular flexibility index (Phi) is 6.50. The van der Waals surface area contributed by atoms with Crippen molar-refractivity contribution in [1.82, 2.24) is 20.5 Å². The van der Waals surface area contributed by atoms with E-state index in [2.05, 4.69) is 32.4 Å². The first-order valence-corrected chi connectivity index (χ1v) is 9.58. The number of guanidine groups is 1. The van der Waals surface area contributed by atoms with E-state index >= 15 is 0 Å². The molecule has 2 aromatic rings. The molecule has 5 nitrogen and oxygen atoms in total. The number of aliphatic imine (C=N–C) groups is 1. The fraction of sp³-hybridized carbons (Fsp3) is 0.550. The third-order valence-electron chi connectivity index (χ3n) is 5.24. The normalized spacial score (nSPS) is 17.0. The van der Waals surface area contributed by atoms with Gasteiger partial charge in [-0.05, 0) is 62.0 Å². The highest BCUT2D eigenvalue weighted by atomic mass is 19.1. The molecule has 3 rings (SSSR count). The van der Waals surface area contributed by atoms with Gasteiger partial charge >= 0.3 is 0 Å². The van der Waals surface area contributed by atoms with E-state index in [1.165, 1.54) is 43.6 Å². The maximum absolute atomic E-state index is 13.3. The molecule has 1 aromatic heterocycles. The molecule has 0 saturated carbocycles. The quantitative estimate of drug-likeness (QED) is 0.549. The zero-order valence-electron chi connectivity index (χ0n) is 15.8. The molecule has 142 valence electrons. The van der Waals surface area contributed by atoms with Gasteiger partial charge < -0.3 is 20.5 Å². The average Bonchev–Trinajstić information content (AvgIpc) is 3.04. The zero-order chi connectivity index (χ0) is 18.4. The average molecular weight is 359 g/mol. The van der Waals surface area contributed by atoms with Crippen LogP contribution in [0.2, 0.25) is 0 Å². The molecule has 0 radical (unpaired) electrons. The number of halogens is 1. The van der Waals surface area contributed by atoms with Crippen LogP contribution in [-0.4, -0.2) is 55.6 Å². The Bertz CT molecular complexity index is 731. The minimum Gasteiger partial charge on any atom is -0.361 e. The fourth-order valence-corrected chi connectivity index (χ4v) is 3.52. The first kappa shape index (κ1) is 18.7. The lowest BCUT2D eigenvalue weighted by molar-refractivity contribution is 0.195. The number of hydrogen-bond acceptors (Lipinski definition) is 2. The van der Waals surface area contributed by atoms with Crippen LogP contribution in [0.4, 0.5) is 4.39 Å². The number of piperidine rings is 1. The molecule has 1 saturated heterocycles. The molecule has 0 aliphatic carbocycles. The second kappa shape index (κ2) is 9.03. The first-order chi connectivity index (χ1) is 12.7. The summed E-state index contributed by atoms with van der Waals surface area (Å²) in [6.45, 7) is 7.49. The molecule has 2 heterocycles. The predicted molar refractivity (Wildman–Crippen MR) is 106 cm³/mol. The van der Waals surface area contributed by atoms with Crippen molar-refractivity contribution in [1.29, 1.82) is 0 Å². The summed E-state index contributed by atoms with van der Waals surface area (Å²) in [7, 11) is 1.80. The van der Waals surface area contributed by atoms with E-state index in [1.807, 2.05) is 12.3 Å². The number of aromatic amines is 1. The van der Waals surface area contributed by atoms with E-state index in [0.717, 1.165) is 48.8 Å². The molecule has 0 bridgehead atoms. The van der Waals surface area contributed by atoms with Gasteiger partial charge in [0, 0.05) is 43.8 Å². The van der Waals surface area contributed by atoms with E-state index in [4.69, 9.17) is 0 Å². The van der Waals surface area contributed by atoms with Gasteiger partial charge in [-0.25, -0.2) is 4.39 Å². The van der Waals surface area contributed by atoms with Crippen LogP contribution in [-0.2, 0) is 6.42 Å². The molecule has 26 heavy (non-hydrogen) atoms. The number of nitrogens with one attached hydrogen (secondary N) is 3. The van der Waals surface area contributed by atoms with Crippen LogP contribution >= 0.6 is 0 Å². The first-order valence-electron chi connectivity index (χ1n) is 9.58. The van der Waals surface area contributed by atoms with Crippen LogP contribution in [0.5, 0.6) is 0 Å². The van der Waals surface area contributed by atoms with Crippen molar-refractivity contribution in [2.75, 3.05) is 39.8 Å². The molecule has 1 aromatic carbocycles. The molecule has 1 aliphatic rings. The summed E-state index contributed by atoms with van der Waals surface area (Å²) in [5.41, 5.74) is 2.03. The molecular weight excluding hydrogens is 329 g/mol. The van der Waals surface area contributed by atoms with E-state index in [0.29, 0.717) is 0 Å². The molecule has 0 unspecified atom stereocenters. The standard InChI is InChI=1S/C20H30FN5/c1-15-6-10-26(11-7-15)12-9-24-20(22-2)23-8-5-16-14-25-19-13-17(21)3-4-18(16)19/h3-4,13-15,25H,5-12H2,1-2H3,(H2,22,23,24). The van der Waals surface area contributed by atoms with Gasteiger partial charge in [0.25, 0.3) is 0 Å². The lowest BCUT2D eigenvalue weighted by Gasteiger charge is -2.30. The summed E-state index contributed by atoms with van der Waals surface area (Å²) < 4.78 is 13.3. The van der Waals surface area contributed by atoms with Gasteiger partial charge in [-0.1, -0.05) is 6.92 Å². The Hall–Kier alpha value is -2.08. The number of fused-ring (bicyclic) bond motifs is 1. The molecule has 0 spiro atoms. The van der Waals surface area contributed by atoms with Crippen LogP contribution in [0.15, 0.2) is 29.4 Å². The third kappa shape index (κ3) is 4.97. The van der Waals surface area contributed by atoms with Gasteiger partial charge in [-0.3, -0.25) is 4.99 Å². The van der Waals surface area contributed by atoms with Crippen molar-refractivity contribution < 1.29 is 4.39 Å². The van der Waals surface area contributed by atoms with Crippen LogP contribution in [0.25, 0.3) is 10.9 Å². The number of hydrogen-bond donors (Lipinski definition) is 3. The minimum atomic E-state index is -0.211. The van der Waals surface area contributed by atoms with Gasteiger partial charge in [-0.15, -0.1) is 0 Å². The summed E-state index contributed by atoms with van der Waals surface area (Å²) in [4.78, 5) is 9.95. The lowest BCUT2D eigenvalue weighted by atomic mass is 9.99. The highest BCUT2D eigenvalue weighted by molar-refractivity contribution is 5.83. The van der Waals surface area contributed by atoms with E-state index in [9.17, 15) is 4.39 Å². The fourth-order valence-electron chi connectivity index (χ4n) is 3.52. The number of H-pyrrole nitrogens is 1. The van der Waals surface area contributed by atoms with E-state index in [1.54, 1.807) is 7.05 Å². The molecule has 1 fully saturated rings. The van der Waals surface area contributed by atoms with Crippen LogP contribution in [0, 0.1) is 11.7 Å². The Labute approximate surface area is 155 Å². The van der Waals surface area contributed by atoms with Crippen molar-refractivity contribution in [2.24, 2.45) is 10.9 Å². The van der Waals surface area contributed by atoms with Crippen molar-refractivity contribution in [3.63, 3.8) is 0 Å². The van der Waals surface area contributed by atoms with E-state index < -0.39 is 0 Å². The minimum absolute atomic E-state index is 0.211. The molecule has 0 amide bonds. The van der Waals surface area contributed by atoms with Crippen LogP contribution in [0.1, 0.15) is 25.3 Å².